The van der Waals surface area contributed by atoms with Gasteiger partial charge in [-0.15, -0.1) is 0 Å². The van der Waals surface area contributed by atoms with Crippen LogP contribution in [0.2, 0.25) is 0 Å². The van der Waals surface area contributed by atoms with Crippen LogP contribution in [-0.4, -0.2) is 15.3 Å². The van der Waals surface area contributed by atoms with Crippen molar-refractivity contribution < 1.29 is 4.79 Å². The number of hydrogen-bond donors (Lipinski definition) is 0. The summed E-state index contributed by atoms with van der Waals surface area (Å²) in [7, 11) is 0. The van der Waals surface area contributed by atoms with E-state index in [1.807, 2.05) is 49.6 Å². The first-order chi connectivity index (χ1) is 8.13. The van der Waals surface area contributed by atoms with Crippen LogP contribution in [0, 0.1) is 13.8 Å². The largest absolute Gasteiger partial charge is 0.303 e. The van der Waals surface area contributed by atoms with Gasteiger partial charge < -0.3 is 4.57 Å². The van der Waals surface area contributed by atoms with Gasteiger partial charge in [0.05, 0.1) is 12.0 Å². The van der Waals surface area contributed by atoms with Crippen LogP contribution in [-0.2, 0) is 0 Å². The van der Waals surface area contributed by atoms with Gasteiger partial charge in [0, 0.05) is 23.4 Å². The fourth-order valence-corrected chi connectivity index (χ4v) is 1.79. The number of hydrogen-bond acceptors (Lipinski definition) is 2. The van der Waals surface area contributed by atoms with Gasteiger partial charge >= 0.3 is 0 Å². The number of ketones is 1. The van der Waals surface area contributed by atoms with Crippen LogP contribution in [0.15, 0.2) is 30.6 Å². The Morgan fingerprint density at radius 2 is 2.12 bits per heavy atom. The summed E-state index contributed by atoms with van der Waals surface area (Å²) in [6.07, 6.45) is 2.32. The van der Waals surface area contributed by atoms with Crippen LogP contribution in [0.3, 0.4) is 0 Å². The lowest BCUT2D eigenvalue weighted by atomic mass is 10.1. The highest BCUT2D eigenvalue weighted by Crippen LogP contribution is 2.16. The van der Waals surface area contributed by atoms with Crippen molar-refractivity contribution in [2.45, 2.75) is 27.2 Å². The van der Waals surface area contributed by atoms with E-state index in [1.165, 1.54) is 0 Å². The molecule has 2 aromatic rings. The summed E-state index contributed by atoms with van der Waals surface area (Å²) in [5.74, 6) is 0.168. The minimum atomic E-state index is 0.168. The van der Waals surface area contributed by atoms with Crippen molar-refractivity contribution in [1.29, 1.82) is 0 Å². The lowest BCUT2D eigenvalue weighted by Crippen LogP contribution is -2.00. The number of carbonyl (C=O) groups excluding carboxylic acids is 1. The highest BCUT2D eigenvalue weighted by atomic mass is 16.1. The van der Waals surface area contributed by atoms with Gasteiger partial charge in [0.1, 0.15) is 0 Å². The Balaban J connectivity index is 2.47. The van der Waals surface area contributed by atoms with Gasteiger partial charge in [-0.3, -0.25) is 4.79 Å². The molecule has 0 unspecified atom stereocenters. The SMILES string of the molecule is CCC(=O)c1cccc(-n2cnc(C)c2C)c1. The second kappa shape index (κ2) is 4.53. The molecule has 17 heavy (non-hydrogen) atoms. The molecule has 0 saturated heterocycles. The fourth-order valence-electron chi connectivity index (χ4n) is 1.79. The number of rotatable bonds is 3. The summed E-state index contributed by atoms with van der Waals surface area (Å²) in [6.45, 7) is 5.88. The van der Waals surface area contributed by atoms with E-state index in [0.29, 0.717) is 6.42 Å². The third kappa shape index (κ3) is 2.13. The first-order valence-corrected chi connectivity index (χ1v) is 5.77. The summed E-state index contributed by atoms with van der Waals surface area (Å²) < 4.78 is 2.00. The highest BCUT2D eigenvalue weighted by Gasteiger charge is 2.07. The van der Waals surface area contributed by atoms with Crippen molar-refractivity contribution in [3.63, 3.8) is 0 Å². The molecule has 0 bridgehead atoms. The summed E-state index contributed by atoms with van der Waals surface area (Å²) >= 11 is 0. The molecule has 0 aliphatic carbocycles. The summed E-state index contributed by atoms with van der Waals surface area (Å²) in [6, 6.07) is 7.67. The molecule has 0 radical (unpaired) electrons. The Morgan fingerprint density at radius 3 is 2.71 bits per heavy atom. The minimum absolute atomic E-state index is 0.168. The third-order valence-electron chi connectivity index (χ3n) is 3.02. The molecule has 3 nitrogen and oxygen atoms in total. The molecule has 88 valence electrons. The van der Waals surface area contributed by atoms with Crippen LogP contribution in [0.4, 0.5) is 0 Å². The Kier molecular flexibility index (Phi) is 3.09. The average Bonchev–Trinajstić information content (AvgIpc) is 2.69. The molecular weight excluding hydrogens is 212 g/mol. The van der Waals surface area contributed by atoms with Gasteiger partial charge in [-0.2, -0.15) is 0 Å². The number of nitrogens with zero attached hydrogens (tertiary/aromatic N) is 2. The number of carbonyl (C=O) groups is 1. The Hall–Kier alpha value is -1.90. The molecule has 0 aliphatic rings. The zero-order valence-electron chi connectivity index (χ0n) is 10.4. The topological polar surface area (TPSA) is 34.9 Å². The zero-order valence-corrected chi connectivity index (χ0v) is 10.4. The maximum atomic E-state index is 11.7. The summed E-state index contributed by atoms with van der Waals surface area (Å²) in [5, 5.41) is 0. The molecule has 0 N–H and O–H groups in total. The van der Waals surface area contributed by atoms with Crippen molar-refractivity contribution in [3.05, 3.63) is 47.5 Å². The van der Waals surface area contributed by atoms with Gasteiger partial charge in [0.15, 0.2) is 5.78 Å². The Labute approximate surface area is 101 Å². The number of Topliss-reactive ketones (excluding diaryl/α,β-unsaturated/α-hetero) is 1. The quantitative estimate of drug-likeness (QED) is 0.757. The molecule has 0 saturated carbocycles. The van der Waals surface area contributed by atoms with E-state index in [4.69, 9.17) is 0 Å². The monoisotopic (exact) mass is 228 g/mol. The molecule has 0 fully saturated rings. The van der Waals surface area contributed by atoms with Crippen molar-refractivity contribution in [2.24, 2.45) is 0 Å². The number of aryl methyl sites for hydroxylation is 1. The minimum Gasteiger partial charge on any atom is -0.303 e. The average molecular weight is 228 g/mol. The third-order valence-corrected chi connectivity index (χ3v) is 3.02. The maximum Gasteiger partial charge on any atom is 0.162 e. The fraction of sp³-hybridized carbons (Fsp3) is 0.286. The molecule has 0 spiro atoms. The van der Waals surface area contributed by atoms with Crippen molar-refractivity contribution in [3.8, 4) is 5.69 Å². The van der Waals surface area contributed by atoms with E-state index in [0.717, 1.165) is 22.6 Å². The van der Waals surface area contributed by atoms with Gasteiger partial charge in [-0.25, -0.2) is 4.98 Å². The molecule has 0 aliphatic heterocycles. The first kappa shape index (κ1) is 11.6. The summed E-state index contributed by atoms with van der Waals surface area (Å²) in [5.41, 5.74) is 3.86. The van der Waals surface area contributed by atoms with Gasteiger partial charge in [0.2, 0.25) is 0 Å². The standard InChI is InChI=1S/C14H16N2O/c1-4-14(17)12-6-5-7-13(8-12)16-9-15-10(2)11(16)3/h5-9H,4H2,1-3H3. The van der Waals surface area contributed by atoms with E-state index in [2.05, 4.69) is 4.98 Å². The summed E-state index contributed by atoms with van der Waals surface area (Å²) in [4.78, 5) is 15.9. The van der Waals surface area contributed by atoms with Crippen LogP contribution in [0.25, 0.3) is 5.69 Å². The second-order valence-corrected chi connectivity index (χ2v) is 4.11. The molecule has 0 amide bonds. The first-order valence-electron chi connectivity index (χ1n) is 5.77. The van der Waals surface area contributed by atoms with Gasteiger partial charge in [0.25, 0.3) is 0 Å². The van der Waals surface area contributed by atoms with Gasteiger partial charge in [-0.1, -0.05) is 19.1 Å². The lowest BCUT2D eigenvalue weighted by Gasteiger charge is -2.07. The van der Waals surface area contributed by atoms with E-state index < -0.39 is 0 Å². The van der Waals surface area contributed by atoms with Crippen molar-refractivity contribution in [1.82, 2.24) is 9.55 Å². The predicted molar refractivity (Wildman–Crippen MR) is 67.7 cm³/mol. The highest BCUT2D eigenvalue weighted by molar-refractivity contribution is 5.96. The molecular formula is C14H16N2O. The molecule has 0 atom stereocenters. The normalized spacial score (nSPS) is 10.5. The van der Waals surface area contributed by atoms with E-state index in [1.54, 1.807) is 6.33 Å². The van der Waals surface area contributed by atoms with E-state index in [-0.39, 0.29) is 5.78 Å². The Bertz CT molecular complexity index is 555. The molecule has 1 heterocycles. The second-order valence-electron chi connectivity index (χ2n) is 4.11. The van der Waals surface area contributed by atoms with Crippen molar-refractivity contribution >= 4 is 5.78 Å². The van der Waals surface area contributed by atoms with Gasteiger partial charge in [-0.05, 0) is 26.0 Å². The Morgan fingerprint density at radius 1 is 1.35 bits per heavy atom. The lowest BCUT2D eigenvalue weighted by molar-refractivity contribution is 0.0988. The van der Waals surface area contributed by atoms with Crippen LogP contribution >= 0.6 is 0 Å². The zero-order chi connectivity index (χ0) is 12.4. The van der Waals surface area contributed by atoms with E-state index in [9.17, 15) is 4.79 Å². The van der Waals surface area contributed by atoms with Crippen LogP contribution in [0.1, 0.15) is 35.1 Å². The maximum absolute atomic E-state index is 11.7. The van der Waals surface area contributed by atoms with Crippen LogP contribution in [0.5, 0.6) is 0 Å². The molecule has 3 heteroatoms. The molecule has 1 aromatic carbocycles. The smallest absolute Gasteiger partial charge is 0.162 e. The van der Waals surface area contributed by atoms with Crippen LogP contribution < -0.4 is 0 Å². The number of imidazole rings is 1. The number of benzene rings is 1. The molecule has 1 aromatic heterocycles. The number of aromatic nitrogens is 2. The predicted octanol–water partition coefficient (Wildman–Crippen LogP) is 3.08. The van der Waals surface area contributed by atoms with E-state index >= 15 is 0 Å². The van der Waals surface area contributed by atoms with Crippen molar-refractivity contribution in [2.75, 3.05) is 0 Å². The molecule has 2 rings (SSSR count).